The molecular weight excluding hydrogens is 648 g/mol. The van der Waals surface area contributed by atoms with E-state index in [1.54, 1.807) is 24.3 Å². The number of carbonyl (C=O) groups is 4. The summed E-state index contributed by atoms with van der Waals surface area (Å²) in [6.07, 6.45) is -14.4. The third-order valence-corrected chi connectivity index (χ3v) is 7.55. The van der Waals surface area contributed by atoms with Gasteiger partial charge in [-0.05, 0) is 11.1 Å². The van der Waals surface area contributed by atoms with Gasteiger partial charge in [0.2, 0.25) is 0 Å². The van der Waals surface area contributed by atoms with Crippen molar-refractivity contribution in [3.8, 4) is 0 Å². The van der Waals surface area contributed by atoms with Crippen LogP contribution in [0.5, 0.6) is 0 Å². The number of aliphatic hydroxyl groups is 2. The van der Waals surface area contributed by atoms with Crippen LogP contribution in [-0.4, -0.2) is 109 Å². The maximum atomic E-state index is 12.3. The van der Waals surface area contributed by atoms with Gasteiger partial charge in [-0.15, -0.1) is 0 Å². The van der Waals surface area contributed by atoms with E-state index < -0.39 is 91.9 Å². The summed E-state index contributed by atoms with van der Waals surface area (Å²) in [4.78, 5) is 48.4. The second-order valence-electron chi connectivity index (χ2n) is 11.5. The van der Waals surface area contributed by atoms with Gasteiger partial charge in [-0.1, -0.05) is 60.7 Å². The lowest BCUT2D eigenvalue weighted by Crippen LogP contribution is -2.66. The van der Waals surface area contributed by atoms with Crippen LogP contribution >= 0.6 is 0 Å². The lowest BCUT2D eigenvalue weighted by atomic mass is 9.96. The van der Waals surface area contributed by atoms with Crippen molar-refractivity contribution in [2.45, 2.75) is 102 Å². The molecule has 49 heavy (non-hydrogen) atoms. The van der Waals surface area contributed by atoms with Crippen molar-refractivity contribution in [1.29, 1.82) is 0 Å². The summed E-state index contributed by atoms with van der Waals surface area (Å²) < 4.78 is 51.6. The fraction of sp³-hybridized carbons (Fsp3) is 0.529. The molecule has 2 heterocycles. The van der Waals surface area contributed by atoms with E-state index in [1.807, 2.05) is 36.4 Å². The van der Waals surface area contributed by atoms with Crippen LogP contribution in [0, 0.1) is 0 Å². The van der Waals surface area contributed by atoms with Crippen LogP contribution in [0.3, 0.4) is 0 Å². The van der Waals surface area contributed by atoms with Gasteiger partial charge >= 0.3 is 23.9 Å². The lowest BCUT2D eigenvalue weighted by molar-refractivity contribution is -0.360. The molecule has 0 aliphatic carbocycles. The Hall–Kier alpha value is -3.96. The molecule has 0 spiro atoms. The third kappa shape index (κ3) is 11.0. The molecule has 15 nitrogen and oxygen atoms in total. The molecule has 2 aromatic rings. The lowest BCUT2D eigenvalue weighted by Gasteiger charge is -2.48. The van der Waals surface area contributed by atoms with Gasteiger partial charge in [0.15, 0.2) is 30.9 Å². The van der Waals surface area contributed by atoms with Gasteiger partial charge in [-0.3, -0.25) is 19.2 Å². The molecule has 2 N–H and O–H groups in total. The Labute approximate surface area is 283 Å². The molecular formula is C34H42O15. The van der Waals surface area contributed by atoms with Crippen LogP contribution in [-0.2, 0) is 75.0 Å². The van der Waals surface area contributed by atoms with Gasteiger partial charge in [0.25, 0.3) is 0 Å². The molecule has 0 aromatic heterocycles. The summed E-state index contributed by atoms with van der Waals surface area (Å²) in [6.45, 7) is 3.94. The summed E-state index contributed by atoms with van der Waals surface area (Å²) in [5, 5.41) is 22.6. The SMILES string of the molecule is CC(=O)OC[C@H]1O[C@@H](O[C@@H]2[C@H](O)[C@@H](OCc3ccccc3)[C@H](O)O[C@@H]2COCc2ccccc2)[C@H](OC(C)=O)[C@@H](OC(C)=O)[C@H]1OC(C)=O. The molecule has 0 unspecified atom stereocenters. The van der Waals surface area contributed by atoms with Crippen LogP contribution in [0.1, 0.15) is 38.8 Å². The molecule has 15 heteroatoms. The monoisotopic (exact) mass is 690 g/mol. The molecule has 2 aliphatic rings. The third-order valence-electron chi connectivity index (χ3n) is 7.55. The molecule has 2 fully saturated rings. The molecule has 268 valence electrons. The largest absolute Gasteiger partial charge is 0.463 e. The van der Waals surface area contributed by atoms with E-state index in [-0.39, 0.29) is 19.8 Å². The van der Waals surface area contributed by atoms with Crippen LogP contribution in [0.2, 0.25) is 0 Å². The van der Waals surface area contributed by atoms with Crippen molar-refractivity contribution in [3.63, 3.8) is 0 Å². The molecule has 2 aliphatic heterocycles. The molecule has 0 saturated carbocycles. The van der Waals surface area contributed by atoms with Crippen molar-refractivity contribution in [2.75, 3.05) is 13.2 Å². The Kier molecular flexibility index (Phi) is 14.0. The molecule has 10 atom stereocenters. The van der Waals surface area contributed by atoms with Gasteiger partial charge in [-0.25, -0.2) is 0 Å². The first-order chi connectivity index (χ1) is 23.4. The number of rotatable bonds is 14. The van der Waals surface area contributed by atoms with E-state index in [0.29, 0.717) is 0 Å². The van der Waals surface area contributed by atoms with Gasteiger partial charge in [0, 0.05) is 27.7 Å². The van der Waals surface area contributed by atoms with Crippen molar-refractivity contribution in [2.24, 2.45) is 0 Å². The van der Waals surface area contributed by atoms with E-state index in [0.717, 1.165) is 38.8 Å². The zero-order valence-electron chi connectivity index (χ0n) is 27.6. The van der Waals surface area contributed by atoms with Crippen molar-refractivity contribution in [3.05, 3.63) is 71.8 Å². The minimum atomic E-state index is -1.63. The van der Waals surface area contributed by atoms with E-state index >= 15 is 0 Å². The smallest absolute Gasteiger partial charge is 0.303 e. The minimum absolute atomic E-state index is 0.00390. The second kappa shape index (κ2) is 18.2. The van der Waals surface area contributed by atoms with E-state index in [1.165, 1.54) is 0 Å². The maximum absolute atomic E-state index is 12.3. The first-order valence-corrected chi connectivity index (χ1v) is 15.7. The Morgan fingerprint density at radius 2 is 1.14 bits per heavy atom. The Morgan fingerprint density at radius 1 is 0.612 bits per heavy atom. The average Bonchev–Trinajstić information content (AvgIpc) is 3.04. The van der Waals surface area contributed by atoms with E-state index in [9.17, 15) is 29.4 Å². The molecule has 0 bridgehead atoms. The standard InChI is InChI=1S/C34H42O15/c1-19(35)42-18-26-29(44-20(2)36)31(45-21(3)37)32(46-22(4)38)34(48-26)49-28-25(17-41-15-23-11-7-5-8-12-23)47-33(40)30(27(28)39)43-16-24-13-9-6-10-14-24/h5-14,25-34,39-40H,15-18H2,1-4H3/t25-,26-,27+,28+,29+,30-,31+,32-,33-,34+/m1/s1. The number of hydrogen-bond donors (Lipinski definition) is 2. The number of esters is 4. The molecule has 4 rings (SSSR count). The fourth-order valence-corrected chi connectivity index (χ4v) is 5.48. The topological polar surface area (TPSA) is 192 Å². The van der Waals surface area contributed by atoms with Gasteiger partial charge < -0.3 is 52.8 Å². The van der Waals surface area contributed by atoms with Crippen LogP contribution in [0.25, 0.3) is 0 Å². The summed E-state index contributed by atoms with van der Waals surface area (Å²) in [6, 6.07) is 18.3. The Bertz CT molecular complexity index is 1370. The van der Waals surface area contributed by atoms with Crippen LogP contribution < -0.4 is 0 Å². The van der Waals surface area contributed by atoms with Gasteiger partial charge in [0.1, 0.15) is 37.1 Å². The zero-order chi connectivity index (χ0) is 35.5. The number of carbonyl (C=O) groups excluding carboxylic acids is 4. The number of ether oxygens (including phenoxy) is 9. The second-order valence-corrected chi connectivity index (χ2v) is 11.5. The van der Waals surface area contributed by atoms with E-state index in [2.05, 4.69) is 0 Å². The van der Waals surface area contributed by atoms with Crippen molar-refractivity contribution >= 4 is 23.9 Å². The summed E-state index contributed by atoms with van der Waals surface area (Å²) >= 11 is 0. The van der Waals surface area contributed by atoms with Crippen molar-refractivity contribution < 1.29 is 72.0 Å². The number of hydrogen-bond acceptors (Lipinski definition) is 15. The van der Waals surface area contributed by atoms with Gasteiger partial charge in [-0.2, -0.15) is 0 Å². The Morgan fingerprint density at radius 3 is 1.71 bits per heavy atom. The highest BCUT2D eigenvalue weighted by atomic mass is 16.8. The molecule has 0 amide bonds. The predicted molar refractivity (Wildman–Crippen MR) is 165 cm³/mol. The first kappa shape index (κ1) is 37.9. The first-order valence-electron chi connectivity index (χ1n) is 15.7. The summed E-state index contributed by atoms with van der Waals surface area (Å²) in [5.41, 5.74) is 1.60. The zero-order valence-corrected chi connectivity index (χ0v) is 27.6. The normalized spacial score (nSPS) is 29.8. The molecule has 2 aromatic carbocycles. The quantitative estimate of drug-likeness (QED) is 0.213. The minimum Gasteiger partial charge on any atom is -0.463 e. The van der Waals surface area contributed by atoms with Crippen molar-refractivity contribution in [1.82, 2.24) is 0 Å². The maximum Gasteiger partial charge on any atom is 0.303 e. The number of benzene rings is 2. The average molecular weight is 691 g/mol. The van der Waals surface area contributed by atoms with Crippen LogP contribution in [0.4, 0.5) is 0 Å². The van der Waals surface area contributed by atoms with E-state index in [4.69, 9.17) is 42.6 Å². The van der Waals surface area contributed by atoms with Crippen LogP contribution in [0.15, 0.2) is 60.7 Å². The highest BCUT2D eigenvalue weighted by Gasteiger charge is 2.55. The highest BCUT2D eigenvalue weighted by Crippen LogP contribution is 2.34. The predicted octanol–water partition coefficient (Wildman–Crippen LogP) is 1.34. The highest BCUT2D eigenvalue weighted by molar-refractivity contribution is 5.68. The fourth-order valence-electron chi connectivity index (χ4n) is 5.48. The summed E-state index contributed by atoms with van der Waals surface area (Å²) in [5.74, 6) is -3.13. The molecule has 2 saturated heterocycles. The Balaban J connectivity index is 1.65. The summed E-state index contributed by atoms with van der Waals surface area (Å²) in [7, 11) is 0. The molecule has 0 radical (unpaired) electrons. The number of aliphatic hydroxyl groups excluding tert-OH is 2. The van der Waals surface area contributed by atoms with Gasteiger partial charge in [0.05, 0.1) is 19.8 Å².